The first kappa shape index (κ1) is 12.1. The topological polar surface area (TPSA) is 54.5 Å². The third-order valence-electron chi connectivity index (χ3n) is 2.26. The van der Waals surface area contributed by atoms with Crippen LogP contribution in [0.5, 0.6) is 0 Å². The Kier molecular flexibility index (Phi) is 3.50. The first-order chi connectivity index (χ1) is 8.10. The van der Waals surface area contributed by atoms with Crippen molar-refractivity contribution in [2.24, 2.45) is 7.05 Å². The number of aryl methyl sites for hydroxylation is 1. The second-order valence-electron chi connectivity index (χ2n) is 3.48. The summed E-state index contributed by atoms with van der Waals surface area (Å²) in [5.41, 5.74) is 0.626. The van der Waals surface area contributed by atoms with Gasteiger partial charge in [0.1, 0.15) is 5.82 Å². The number of rotatable bonds is 2. The average molecular weight is 309 g/mol. The van der Waals surface area contributed by atoms with Gasteiger partial charge < -0.3 is 4.57 Å². The van der Waals surface area contributed by atoms with Crippen molar-refractivity contribution in [3.8, 4) is 6.07 Å². The third-order valence-corrected chi connectivity index (χ3v) is 3.73. The minimum absolute atomic E-state index is 0.626. The fourth-order valence-corrected chi connectivity index (χ4v) is 2.85. The van der Waals surface area contributed by atoms with Gasteiger partial charge in [0.2, 0.25) is 0 Å². The van der Waals surface area contributed by atoms with Crippen molar-refractivity contribution in [1.82, 2.24) is 14.8 Å². The minimum Gasteiger partial charge on any atom is -0.309 e. The van der Waals surface area contributed by atoms with Gasteiger partial charge in [-0.25, -0.2) is 0 Å². The maximum atomic E-state index is 8.90. The zero-order valence-electron chi connectivity index (χ0n) is 9.31. The maximum Gasteiger partial charge on any atom is 0.195 e. The van der Waals surface area contributed by atoms with Gasteiger partial charge >= 0.3 is 0 Å². The van der Waals surface area contributed by atoms with Gasteiger partial charge in [-0.05, 0) is 36.9 Å². The van der Waals surface area contributed by atoms with Crippen LogP contribution in [0.1, 0.15) is 11.4 Å². The van der Waals surface area contributed by atoms with E-state index in [1.165, 1.54) is 11.8 Å². The van der Waals surface area contributed by atoms with Crippen molar-refractivity contribution in [2.75, 3.05) is 0 Å². The van der Waals surface area contributed by atoms with Gasteiger partial charge in [0.25, 0.3) is 0 Å². The Morgan fingerprint density at radius 2 is 2.12 bits per heavy atom. The largest absolute Gasteiger partial charge is 0.309 e. The van der Waals surface area contributed by atoms with Crippen LogP contribution in [-0.4, -0.2) is 14.8 Å². The molecule has 0 amide bonds. The fourth-order valence-electron chi connectivity index (χ4n) is 1.27. The summed E-state index contributed by atoms with van der Waals surface area (Å²) in [6.07, 6.45) is 0. The first-order valence-corrected chi connectivity index (χ1v) is 6.45. The van der Waals surface area contributed by atoms with E-state index in [1.807, 2.05) is 30.7 Å². The summed E-state index contributed by atoms with van der Waals surface area (Å²) >= 11 is 4.87. The number of halogens is 1. The van der Waals surface area contributed by atoms with E-state index in [1.54, 1.807) is 6.07 Å². The van der Waals surface area contributed by atoms with E-state index in [4.69, 9.17) is 5.26 Å². The Bertz CT molecular complexity index is 600. The summed E-state index contributed by atoms with van der Waals surface area (Å²) in [7, 11) is 1.92. The van der Waals surface area contributed by atoms with Gasteiger partial charge in [-0.2, -0.15) is 5.26 Å². The van der Waals surface area contributed by atoms with Gasteiger partial charge in [0.15, 0.2) is 5.16 Å². The van der Waals surface area contributed by atoms with Gasteiger partial charge in [-0.1, -0.05) is 15.9 Å². The molecule has 0 unspecified atom stereocenters. The summed E-state index contributed by atoms with van der Waals surface area (Å²) in [4.78, 5) is 0.964. The summed E-state index contributed by atoms with van der Waals surface area (Å²) in [5, 5.41) is 17.8. The van der Waals surface area contributed by atoms with Gasteiger partial charge in [-0.15, -0.1) is 10.2 Å². The van der Waals surface area contributed by atoms with Gasteiger partial charge in [-0.3, -0.25) is 0 Å². The molecule has 0 aliphatic rings. The molecule has 17 heavy (non-hydrogen) atoms. The molecule has 0 N–H and O–H groups in total. The predicted octanol–water partition coefficient (Wildman–Crippen LogP) is 2.91. The van der Waals surface area contributed by atoms with E-state index in [0.717, 1.165) is 20.3 Å². The zero-order chi connectivity index (χ0) is 12.4. The molecule has 0 aliphatic heterocycles. The van der Waals surface area contributed by atoms with Crippen LogP contribution in [0.3, 0.4) is 0 Å². The molecule has 1 aromatic carbocycles. The number of hydrogen-bond acceptors (Lipinski definition) is 4. The van der Waals surface area contributed by atoms with E-state index < -0.39 is 0 Å². The van der Waals surface area contributed by atoms with Gasteiger partial charge in [0.05, 0.1) is 11.6 Å². The van der Waals surface area contributed by atoms with Crippen molar-refractivity contribution in [1.29, 1.82) is 5.26 Å². The van der Waals surface area contributed by atoms with Crippen LogP contribution >= 0.6 is 27.7 Å². The molecule has 86 valence electrons. The molecule has 2 rings (SSSR count). The highest BCUT2D eigenvalue weighted by Gasteiger charge is 2.08. The molecule has 2 aromatic rings. The Balaban J connectivity index is 2.33. The summed E-state index contributed by atoms with van der Waals surface area (Å²) < 4.78 is 2.80. The lowest BCUT2D eigenvalue weighted by molar-refractivity contribution is 0.765. The molecular formula is C11H9BrN4S. The second-order valence-corrected chi connectivity index (χ2v) is 5.43. The highest BCUT2D eigenvalue weighted by molar-refractivity contribution is 9.10. The van der Waals surface area contributed by atoms with Crippen LogP contribution in [0.25, 0.3) is 0 Å². The zero-order valence-corrected chi connectivity index (χ0v) is 11.7. The number of nitrogens with zero attached hydrogens (tertiary/aromatic N) is 4. The Labute approximate surface area is 112 Å². The van der Waals surface area contributed by atoms with Gasteiger partial charge in [0, 0.05) is 16.4 Å². The molecule has 0 spiro atoms. The van der Waals surface area contributed by atoms with Crippen LogP contribution in [0.2, 0.25) is 0 Å². The number of aromatic nitrogens is 3. The van der Waals surface area contributed by atoms with Crippen molar-refractivity contribution in [2.45, 2.75) is 17.0 Å². The van der Waals surface area contributed by atoms with E-state index in [0.29, 0.717) is 5.56 Å². The van der Waals surface area contributed by atoms with Crippen molar-refractivity contribution >= 4 is 27.7 Å². The maximum absolute atomic E-state index is 8.90. The lowest BCUT2D eigenvalue weighted by Crippen LogP contribution is -1.93. The Hall–Kier alpha value is -1.32. The average Bonchev–Trinajstić information content (AvgIpc) is 2.60. The van der Waals surface area contributed by atoms with E-state index in [2.05, 4.69) is 32.2 Å². The quantitative estimate of drug-likeness (QED) is 0.856. The minimum atomic E-state index is 0.626. The highest BCUT2D eigenvalue weighted by atomic mass is 79.9. The molecule has 0 atom stereocenters. The third kappa shape index (κ3) is 2.68. The van der Waals surface area contributed by atoms with E-state index >= 15 is 0 Å². The van der Waals surface area contributed by atoms with Crippen LogP contribution in [0.15, 0.2) is 32.7 Å². The number of nitriles is 1. The van der Waals surface area contributed by atoms with Crippen molar-refractivity contribution in [3.05, 3.63) is 34.1 Å². The number of benzene rings is 1. The van der Waals surface area contributed by atoms with Crippen molar-refractivity contribution < 1.29 is 0 Å². The number of hydrogen-bond donors (Lipinski definition) is 0. The van der Waals surface area contributed by atoms with E-state index in [-0.39, 0.29) is 0 Å². The summed E-state index contributed by atoms with van der Waals surface area (Å²) in [6, 6.07) is 7.70. The molecule has 1 heterocycles. The highest BCUT2D eigenvalue weighted by Crippen LogP contribution is 2.29. The lowest BCUT2D eigenvalue weighted by Gasteiger charge is -2.02. The summed E-state index contributed by atoms with van der Waals surface area (Å²) in [6.45, 7) is 1.90. The second kappa shape index (κ2) is 4.90. The molecule has 0 bridgehead atoms. The van der Waals surface area contributed by atoms with E-state index in [9.17, 15) is 0 Å². The molecule has 4 nitrogen and oxygen atoms in total. The molecule has 6 heteroatoms. The fraction of sp³-hybridized carbons (Fsp3) is 0.182. The standard InChI is InChI=1S/C11H9BrN4S/c1-7-14-15-11(16(7)2)17-10-4-8(6-13)3-9(12)5-10/h3-5H,1-2H3. The Morgan fingerprint density at radius 1 is 1.35 bits per heavy atom. The predicted molar refractivity (Wildman–Crippen MR) is 68.7 cm³/mol. The first-order valence-electron chi connectivity index (χ1n) is 4.84. The van der Waals surface area contributed by atoms with Crippen LogP contribution in [-0.2, 0) is 7.05 Å². The van der Waals surface area contributed by atoms with Crippen LogP contribution in [0.4, 0.5) is 0 Å². The molecule has 1 aromatic heterocycles. The molecule has 0 saturated heterocycles. The summed E-state index contributed by atoms with van der Waals surface area (Å²) in [5.74, 6) is 0.864. The van der Waals surface area contributed by atoms with Crippen LogP contribution < -0.4 is 0 Å². The monoisotopic (exact) mass is 308 g/mol. The molecule has 0 saturated carbocycles. The normalized spacial score (nSPS) is 10.2. The van der Waals surface area contributed by atoms with Crippen molar-refractivity contribution in [3.63, 3.8) is 0 Å². The molecule has 0 fully saturated rings. The smallest absolute Gasteiger partial charge is 0.195 e. The Morgan fingerprint density at radius 3 is 2.71 bits per heavy atom. The SMILES string of the molecule is Cc1nnc(Sc2cc(Br)cc(C#N)c2)n1C. The molecular weight excluding hydrogens is 300 g/mol. The lowest BCUT2D eigenvalue weighted by atomic mass is 10.2. The molecule has 0 radical (unpaired) electrons. The molecule has 0 aliphatic carbocycles. The van der Waals surface area contributed by atoms with Crippen LogP contribution in [0, 0.1) is 18.3 Å².